The predicted molar refractivity (Wildman–Crippen MR) is 80.7 cm³/mol. The first-order chi connectivity index (χ1) is 10.7. The third kappa shape index (κ3) is 1.91. The zero-order valence-electron chi connectivity index (χ0n) is 12.2. The van der Waals surface area contributed by atoms with Crippen molar-refractivity contribution in [2.75, 3.05) is 11.4 Å². The number of nitrogens with zero attached hydrogens (tertiary/aromatic N) is 3. The smallest absolute Gasteiger partial charge is 0.251 e. The van der Waals surface area contributed by atoms with Gasteiger partial charge in [-0.1, -0.05) is 12.0 Å². The third-order valence-electron chi connectivity index (χ3n) is 4.85. The van der Waals surface area contributed by atoms with E-state index >= 15 is 0 Å². The highest BCUT2D eigenvalue weighted by Gasteiger charge is 2.54. The van der Waals surface area contributed by atoms with Gasteiger partial charge in [0.15, 0.2) is 0 Å². The first-order valence-electron chi connectivity index (χ1n) is 7.71. The van der Waals surface area contributed by atoms with Gasteiger partial charge in [-0.3, -0.25) is 14.5 Å². The van der Waals surface area contributed by atoms with Gasteiger partial charge < -0.3 is 4.90 Å². The molecule has 3 heterocycles. The van der Waals surface area contributed by atoms with Crippen LogP contribution in [0.3, 0.4) is 0 Å². The van der Waals surface area contributed by atoms with Gasteiger partial charge in [-0.25, -0.2) is 4.98 Å². The fourth-order valence-corrected chi connectivity index (χ4v) is 3.62. The molecule has 2 amide bonds. The molecule has 0 N–H and O–H groups in total. The van der Waals surface area contributed by atoms with Crippen LogP contribution in [0.15, 0.2) is 24.4 Å². The monoisotopic (exact) mass is 295 g/mol. The summed E-state index contributed by atoms with van der Waals surface area (Å²) in [5.74, 6) is 3.60. The number of fused-ring (bicyclic) bond motifs is 2. The number of carbonyl (C=O) groups is 2. The number of likely N-dealkylation sites (tertiary alicyclic amines) is 1. The predicted octanol–water partition coefficient (Wildman–Crippen LogP) is 1.06. The summed E-state index contributed by atoms with van der Waals surface area (Å²) in [7, 11) is 0. The van der Waals surface area contributed by atoms with E-state index in [0.29, 0.717) is 18.8 Å². The molecule has 1 aromatic heterocycles. The lowest BCUT2D eigenvalue weighted by molar-refractivity contribution is -0.139. The van der Waals surface area contributed by atoms with Gasteiger partial charge in [-0.15, -0.1) is 6.42 Å². The average molecular weight is 295 g/mol. The summed E-state index contributed by atoms with van der Waals surface area (Å²) < 4.78 is 0. The number of terminal acetylenes is 1. The van der Waals surface area contributed by atoms with E-state index in [9.17, 15) is 9.59 Å². The van der Waals surface area contributed by atoms with Crippen molar-refractivity contribution in [3.8, 4) is 12.3 Å². The first-order valence-corrected chi connectivity index (χ1v) is 7.71. The van der Waals surface area contributed by atoms with Gasteiger partial charge >= 0.3 is 0 Å². The van der Waals surface area contributed by atoms with Crippen molar-refractivity contribution in [1.29, 1.82) is 0 Å². The molecule has 4 rings (SSSR count). The molecule has 22 heavy (non-hydrogen) atoms. The van der Waals surface area contributed by atoms with Crippen LogP contribution < -0.4 is 4.90 Å². The lowest BCUT2D eigenvalue weighted by atomic mass is 9.95. The molecule has 3 fully saturated rings. The summed E-state index contributed by atoms with van der Waals surface area (Å²) in [6.07, 6.45) is 9.86. The normalized spacial score (nSPS) is 30.3. The molecular weight excluding hydrogens is 278 g/mol. The molecule has 3 atom stereocenters. The van der Waals surface area contributed by atoms with E-state index in [1.807, 2.05) is 18.2 Å². The molecule has 1 aromatic rings. The zero-order chi connectivity index (χ0) is 15.3. The lowest BCUT2D eigenvalue weighted by Gasteiger charge is -2.31. The minimum atomic E-state index is -0.421. The fraction of sp³-hybridized carbons (Fsp3) is 0.471. The largest absolute Gasteiger partial charge is 0.316 e. The minimum Gasteiger partial charge on any atom is -0.316 e. The van der Waals surface area contributed by atoms with Gasteiger partial charge in [0.05, 0.1) is 6.04 Å². The van der Waals surface area contributed by atoms with E-state index < -0.39 is 6.04 Å². The van der Waals surface area contributed by atoms with E-state index in [1.165, 1.54) is 0 Å². The molecule has 2 saturated heterocycles. The van der Waals surface area contributed by atoms with Gasteiger partial charge in [0.1, 0.15) is 11.9 Å². The highest BCUT2D eigenvalue weighted by atomic mass is 16.2. The SMILES string of the molecule is C#C[C@H]1C2CC(C(=O)N(c3ccccn3)C2)N1C(=O)C1CC1. The van der Waals surface area contributed by atoms with Crippen molar-refractivity contribution >= 4 is 17.6 Å². The Kier molecular flexibility index (Phi) is 2.93. The average Bonchev–Trinajstić information content (AvgIpc) is 3.34. The van der Waals surface area contributed by atoms with Crippen LogP contribution in [-0.2, 0) is 9.59 Å². The number of hydrogen-bond donors (Lipinski definition) is 0. The molecule has 1 saturated carbocycles. The molecule has 5 heteroatoms. The molecule has 5 nitrogen and oxygen atoms in total. The number of piperidine rings is 1. The van der Waals surface area contributed by atoms with Crippen molar-refractivity contribution in [2.24, 2.45) is 11.8 Å². The van der Waals surface area contributed by atoms with E-state index in [2.05, 4.69) is 10.9 Å². The Morgan fingerprint density at radius 2 is 2.18 bits per heavy atom. The molecule has 0 spiro atoms. The number of aromatic nitrogens is 1. The number of amides is 2. The summed E-state index contributed by atoms with van der Waals surface area (Å²) in [6, 6.07) is 4.81. The molecular formula is C17H17N3O2. The van der Waals surface area contributed by atoms with Gasteiger partial charge in [-0.2, -0.15) is 0 Å². The van der Waals surface area contributed by atoms with Crippen LogP contribution in [0, 0.1) is 24.2 Å². The Bertz CT molecular complexity index is 662. The van der Waals surface area contributed by atoms with Crippen LogP contribution in [0.4, 0.5) is 5.82 Å². The van der Waals surface area contributed by atoms with Gasteiger partial charge in [-0.05, 0) is 31.4 Å². The second kappa shape index (κ2) is 4.84. The van der Waals surface area contributed by atoms with Crippen molar-refractivity contribution in [2.45, 2.75) is 31.3 Å². The van der Waals surface area contributed by atoms with Crippen molar-refractivity contribution in [3.63, 3.8) is 0 Å². The molecule has 0 aromatic carbocycles. The minimum absolute atomic E-state index is 0.0540. The summed E-state index contributed by atoms with van der Waals surface area (Å²) in [5, 5.41) is 0. The molecule has 3 aliphatic rings. The topological polar surface area (TPSA) is 53.5 Å². The van der Waals surface area contributed by atoms with E-state index in [4.69, 9.17) is 6.42 Å². The highest BCUT2D eigenvalue weighted by Crippen LogP contribution is 2.41. The number of pyridine rings is 1. The summed E-state index contributed by atoms with van der Waals surface area (Å²) in [5.41, 5.74) is 0. The molecule has 0 radical (unpaired) electrons. The molecule has 2 bridgehead atoms. The van der Waals surface area contributed by atoms with Crippen molar-refractivity contribution in [1.82, 2.24) is 9.88 Å². The van der Waals surface area contributed by atoms with Crippen LogP contribution in [0.25, 0.3) is 0 Å². The molecule has 1 aliphatic carbocycles. The third-order valence-corrected chi connectivity index (χ3v) is 4.85. The van der Waals surface area contributed by atoms with Crippen LogP contribution >= 0.6 is 0 Å². The van der Waals surface area contributed by atoms with E-state index in [0.717, 1.165) is 12.8 Å². The maximum atomic E-state index is 12.8. The number of rotatable bonds is 2. The van der Waals surface area contributed by atoms with Crippen LogP contribution in [0.1, 0.15) is 19.3 Å². The second-order valence-electron chi connectivity index (χ2n) is 6.28. The summed E-state index contributed by atoms with van der Waals surface area (Å²) >= 11 is 0. The Morgan fingerprint density at radius 1 is 1.36 bits per heavy atom. The summed E-state index contributed by atoms with van der Waals surface area (Å²) in [6.45, 7) is 0.537. The van der Waals surface area contributed by atoms with Crippen molar-refractivity contribution in [3.05, 3.63) is 24.4 Å². The van der Waals surface area contributed by atoms with Crippen LogP contribution in [-0.4, -0.2) is 40.3 Å². The highest BCUT2D eigenvalue weighted by molar-refractivity contribution is 6.01. The zero-order valence-corrected chi connectivity index (χ0v) is 12.2. The van der Waals surface area contributed by atoms with Gasteiger partial charge in [0, 0.05) is 24.6 Å². The molecule has 112 valence electrons. The first kappa shape index (κ1) is 13.3. The number of hydrogen-bond acceptors (Lipinski definition) is 3. The standard InChI is InChI=1S/C17H17N3O2/c1-2-13-12-9-14(20(13)16(21)11-6-7-11)17(22)19(10-12)15-5-3-4-8-18-15/h1,3-5,8,11-14H,6-7,9-10H2/t12?,13-,14?/m0/s1. The Balaban J connectivity index is 1.67. The summed E-state index contributed by atoms with van der Waals surface area (Å²) in [4.78, 5) is 33.0. The van der Waals surface area contributed by atoms with Gasteiger partial charge in [0.2, 0.25) is 5.91 Å². The molecule has 2 aliphatic heterocycles. The quantitative estimate of drug-likeness (QED) is 0.767. The Morgan fingerprint density at radius 3 is 2.82 bits per heavy atom. The van der Waals surface area contributed by atoms with Crippen molar-refractivity contribution < 1.29 is 9.59 Å². The Hall–Kier alpha value is -2.35. The maximum Gasteiger partial charge on any atom is 0.251 e. The van der Waals surface area contributed by atoms with Gasteiger partial charge in [0.25, 0.3) is 5.91 Å². The number of carbonyl (C=O) groups excluding carboxylic acids is 2. The lowest BCUT2D eigenvalue weighted by Crippen LogP contribution is -2.50. The van der Waals surface area contributed by atoms with Crippen LogP contribution in [0.2, 0.25) is 0 Å². The Labute approximate surface area is 129 Å². The second-order valence-corrected chi connectivity index (χ2v) is 6.28. The fourth-order valence-electron chi connectivity index (χ4n) is 3.62. The van der Waals surface area contributed by atoms with Crippen LogP contribution in [0.5, 0.6) is 0 Å². The molecule has 2 unspecified atom stereocenters. The maximum absolute atomic E-state index is 12.8. The van der Waals surface area contributed by atoms with E-state index in [-0.39, 0.29) is 29.7 Å². The van der Waals surface area contributed by atoms with E-state index in [1.54, 1.807) is 16.0 Å². The number of anilines is 1.